The number of benzene rings is 1. The minimum atomic E-state index is -0.0630. The molecule has 1 aromatic rings. The average Bonchev–Trinajstić information content (AvgIpc) is 2.37. The third kappa shape index (κ3) is 4.75. The summed E-state index contributed by atoms with van der Waals surface area (Å²) in [7, 11) is 0. The van der Waals surface area contributed by atoms with Crippen molar-refractivity contribution in [2.75, 3.05) is 13.1 Å². The lowest BCUT2D eigenvalue weighted by atomic mass is 10.0. The number of carbonyl (C=O) groups is 1. The van der Waals surface area contributed by atoms with Gasteiger partial charge in [0.05, 0.1) is 6.42 Å². The second-order valence-corrected chi connectivity index (χ2v) is 4.46. The van der Waals surface area contributed by atoms with Gasteiger partial charge in [-0.15, -0.1) is 0 Å². The van der Waals surface area contributed by atoms with Crippen LogP contribution < -0.4 is 11.1 Å². The molecule has 0 aliphatic heterocycles. The van der Waals surface area contributed by atoms with Crippen molar-refractivity contribution in [3.63, 3.8) is 0 Å². The maximum atomic E-state index is 11.7. The lowest BCUT2D eigenvalue weighted by Crippen LogP contribution is -2.31. The Bertz CT molecular complexity index is 380. The van der Waals surface area contributed by atoms with Gasteiger partial charge in [0.1, 0.15) is 5.75 Å². The van der Waals surface area contributed by atoms with Crippen molar-refractivity contribution in [2.24, 2.45) is 11.7 Å². The molecule has 0 fully saturated rings. The van der Waals surface area contributed by atoms with Crippen LogP contribution in [0.4, 0.5) is 0 Å². The van der Waals surface area contributed by atoms with Gasteiger partial charge in [-0.2, -0.15) is 0 Å². The number of phenolic OH excluding ortho intramolecular Hbond substituents is 1. The molecule has 4 N–H and O–H groups in total. The fourth-order valence-electron chi connectivity index (χ4n) is 1.84. The third-order valence-corrected chi connectivity index (χ3v) is 3.08. The largest absolute Gasteiger partial charge is 0.508 e. The molecule has 1 rings (SSSR count). The summed E-state index contributed by atoms with van der Waals surface area (Å²) in [6.45, 7) is 3.39. The van der Waals surface area contributed by atoms with Crippen LogP contribution in [0, 0.1) is 5.92 Å². The first-order chi connectivity index (χ1) is 8.67. The molecule has 0 spiro atoms. The maximum Gasteiger partial charge on any atom is 0.224 e. The highest BCUT2D eigenvalue weighted by Gasteiger charge is 2.10. The Morgan fingerprint density at radius 3 is 2.78 bits per heavy atom. The van der Waals surface area contributed by atoms with Gasteiger partial charge in [0, 0.05) is 12.1 Å². The first kappa shape index (κ1) is 14.5. The quantitative estimate of drug-likeness (QED) is 0.685. The van der Waals surface area contributed by atoms with Crippen LogP contribution in [0.25, 0.3) is 0 Å². The van der Waals surface area contributed by atoms with E-state index in [0.29, 0.717) is 24.6 Å². The number of phenols is 1. The van der Waals surface area contributed by atoms with Gasteiger partial charge >= 0.3 is 0 Å². The molecule has 100 valence electrons. The number of carbonyl (C=O) groups excluding carboxylic acids is 1. The second kappa shape index (κ2) is 7.71. The Morgan fingerprint density at radius 2 is 2.17 bits per heavy atom. The third-order valence-electron chi connectivity index (χ3n) is 3.08. The fourth-order valence-corrected chi connectivity index (χ4v) is 1.84. The minimum Gasteiger partial charge on any atom is -0.508 e. The summed E-state index contributed by atoms with van der Waals surface area (Å²) < 4.78 is 0. The molecule has 1 aromatic carbocycles. The summed E-state index contributed by atoms with van der Waals surface area (Å²) in [5.41, 5.74) is 6.16. The predicted molar refractivity (Wildman–Crippen MR) is 72.3 cm³/mol. The van der Waals surface area contributed by atoms with Crippen molar-refractivity contribution in [3.05, 3.63) is 29.8 Å². The summed E-state index contributed by atoms with van der Waals surface area (Å²) in [5, 5.41) is 12.5. The first-order valence-electron chi connectivity index (χ1n) is 6.41. The van der Waals surface area contributed by atoms with Gasteiger partial charge in [0.2, 0.25) is 5.91 Å². The summed E-state index contributed by atoms with van der Waals surface area (Å²) in [6, 6.07) is 6.90. The summed E-state index contributed by atoms with van der Waals surface area (Å²) >= 11 is 0. The predicted octanol–water partition coefficient (Wildman–Crippen LogP) is 1.43. The normalized spacial score (nSPS) is 12.1. The number of para-hydroxylation sites is 1. The molecule has 0 saturated carbocycles. The highest BCUT2D eigenvalue weighted by atomic mass is 16.3. The van der Waals surface area contributed by atoms with Crippen LogP contribution >= 0.6 is 0 Å². The van der Waals surface area contributed by atoms with Gasteiger partial charge < -0.3 is 16.2 Å². The summed E-state index contributed by atoms with van der Waals surface area (Å²) in [5.74, 6) is 0.539. The fraction of sp³-hybridized carbons (Fsp3) is 0.500. The van der Waals surface area contributed by atoms with Gasteiger partial charge in [-0.25, -0.2) is 0 Å². The molecule has 0 aromatic heterocycles. The molecular formula is C14H22N2O2. The van der Waals surface area contributed by atoms with Crippen LogP contribution in [-0.2, 0) is 11.2 Å². The molecule has 1 unspecified atom stereocenters. The number of nitrogens with two attached hydrogens (primary N) is 1. The number of amides is 1. The number of hydrogen-bond acceptors (Lipinski definition) is 3. The average molecular weight is 250 g/mol. The molecule has 0 aliphatic carbocycles. The van der Waals surface area contributed by atoms with E-state index < -0.39 is 0 Å². The summed E-state index contributed by atoms with van der Waals surface area (Å²) in [4.78, 5) is 11.7. The molecule has 4 nitrogen and oxygen atoms in total. The van der Waals surface area contributed by atoms with E-state index in [4.69, 9.17) is 5.73 Å². The molecule has 0 bridgehead atoms. The van der Waals surface area contributed by atoms with Crippen LogP contribution in [0.15, 0.2) is 24.3 Å². The van der Waals surface area contributed by atoms with Crippen LogP contribution in [0.1, 0.15) is 25.3 Å². The molecule has 18 heavy (non-hydrogen) atoms. The Hall–Kier alpha value is -1.55. The Balaban J connectivity index is 2.40. The zero-order valence-electron chi connectivity index (χ0n) is 10.9. The lowest BCUT2D eigenvalue weighted by Gasteiger charge is -2.14. The van der Waals surface area contributed by atoms with Crippen LogP contribution in [0.3, 0.4) is 0 Å². The van der Waals surface area contributed by atoms with E-state index >= 15 is 0 Å². The Morgan fingerprint density at radius 1 is 1.44 bits per heavy atom. The number of aromatic hydroxyl groups is 1. The van der Waals surface area contributed by atoms with Gasteiger partial charge in [-0.3, -0.25) is 4.79 Å². The maximum absolute atomic E-state index is 11.7. The zero-order valence-corrected chi connectivity index (χ0v) is 10.9. The number of rotatable bonds is 7. The highest BCUT2D eigenvalue weighted by molar-refractivity contribution is 5.79. The van der Waals surface area contributed by atoms with Crippen molar-refractivity contribution >= 4 is 5.91 Å². The van der Waals surface area contributed by atoms with Gasteiger partial charge in [-0.05, 0) is 24.9 Å². The minimum absolute atomic E-state index is 0.0630. The number of nitrogens with one attached hydrogen (secondary N) is 1. The molecule has 4 heteroatoms. The molecular weight excluding hydrogens is 228 g/mol. The van der Waals surface area contributed by atoms with Gasteiger partial charge in [0.25, 0.3) is 0 Å². The second-order valence-electron chi connectivity index (χ2n) is 4.46. The Labute approximate surface area is 108 Å². The van der Waals surface area contributed by atoms with Crippen LogP contribution in [0.5, 0.6) is 5.75 Å². The van der Waals surface area contributed by atoms with Gasteiger partial charge in [-0.1, -0.05) is 31.5 Å². The van der Waals surface area contributed by atoms with Crippen molar-refractivity contribution in [2.45, 2.75) is 26.2 Å². The standard InChI is InChI=1S/C14H22N2O2/c1-2-11(7-8-15)10-16-14(18)9-12-5-3-4-6-13(12)17/h3-6,11,17H,2,7-10,15H2,1H3,(H,16,18). The van der Waals surface area contributed by atoms with Crippen molar-refractivity contribution < 1.29 is 9.90 Å². The van der Waals surface area contributed by atoms with Crippen molar-refractivity contribution in [1.29, 1.82) is 0 Å². The molecule has 1 amide bonds. The van der Waals surface area contributed by atoms with Gasteiger partial charge in [0.15, 0.2) is 0 Å². The zero-order chi connectivity index (χ0) is 13.4. The highest BCUT2D eigenvalue weighted by Crippen LogP contribution is 2.15. The summed E-state index contributed by atoms with van der Waals surface area (Å²) in [6.07, 6.45) is 2.15. The Kier molecular flexibility index (Phi) is 6.22. The van der Waals surface area contributed by atoms with Crippen molar-refractivity contribution in [3.8, 4) is 5.75 Å². The number of hydrogen-bond donors (Lipinski definition) is 3. The van der Waals surface area contributed by atoms with E-state index in [9.17, 15) is 9.90 Å². The smallest absolute Gasteiger partial charge is 0.224 e. The molecule has 0 heterocycles. The topological polar surface area (TPSA) is 75.3 Å². The van der Waals surface area contributed by atoms with E-state index in [0.717, 1.165) is 12.8 Å². The van der Waals surface area contributed by atoms with Crippen molar-refractivity contribution in [1.82, 2.24) is 5.32 Å². The molecule has 1 atom stereocenters. The van der Waals surface area contributed by atoms with E-state index in [1.54, 1.807) is 18.2 Å². The lowest BCUT2D eigenvalue weighted by molar-refractivity contribution is -0.120. The van der Waals surface area contributed by atoms with E-state index in [-0.39, 0.29) is 18.1 Å². The monoisotopic (exact) mass is 250 g/mol. The van der Waals surface area contributed by atoms with Crippen LogP contribution in [0.2, 0.25) is 0 Å². The van der Waals surface area contributed by atoms with Crippen LogP contribution in [-0.4, -0.2) is 24.1 Å². The molecule has 0 saturated heterocycles. The first-order valence-corrected chi connectivity index (χ1v) is 6.41. The van der Waals surface area contributed by atoms with E-state index in [1.807, 2.05) is 6.07 Å². The molecule has 0 aliphatic rings. The molecule has 0 radical (unpaired) electrons. The SMILES string of the molecule is CCC(CCN)CNC(=O)Cc1ccccc1O. The van der Waals surface area contributed by atoms with E-state index in [2.05, 4.69) is 12.2 Å². The van der Waals surface area contributed by atoms with E-state index in [1.165, 1.54) is 0 Å².